The molecule has 0 radical (unpaired) electrons. The van der Waals surface area contributed by atoms with Crippen molar-refractivity contribution in [3.05, 3.63) is 59.7 Å². The standard InChI is InChI=1S/C19H18N2O2S2/c1-12-6-8-15(9-7-12)21-18(23)16(25-19(21)24)11-17(22)20-14-5-3-4-13(2)10-14/h3-10,16H,11H2,1-2H3,(H,20,22). The highest BCUT2D eigenvalue weighted by Gasteiger charge is 2.38. The van der Waals surface area contributed by atoms with E-state index < -0.39 is 5.25 Å². The predicted octanol–water partition coefficient (Wildman–Crippen LogP) is 4.07. The molecule has 128 valence electrons. The van der Waals surface area contributed by atoms with E-state index in [-0.39, 0.29) is 18.2 Å². The number of carbonyl (C=O) groups excluding carboxylic acids is 2. The molecule has 1 heterocycles. The number of rotatable bonds is 4. The van der Waals surface area contributed by atoms with Crippen molar-refractivity contribution in [2.24, 2.45) is 0 Å². The van der Waals surface area contributed by atoms with Gasteiger partial charge in [0.1, 0.15) is 9.57 Å². The van der Waals surface area contributed by atoms with E-state index in [2.05, 4.69) is 5.32 Å². The van der Waals surface area contributed by atoms with Crippen LogP contribution in [0, 0.1) is 13.8 Å². The molecule has 1 unspecified atom stereocenters. The first kappa shape index (κ1) is 17.6. The Bertz CT molecular complexity index is 834. The van der Waals surface area contributed by atoms with Crippen LogP contribution in [0.4, 0.5) is 11.4 Å². The molecule has 1 fully saturated rings. The quantitative estimate of drug-likeness (QED) is 0.825. The lowest BCUT2D eigenvalue weighted by molar-refractivity contribution is -0.121. The van der Waals surface area contributed by atoms with Crippen molar-refractivity contribution in [1.29, 1.82) is 0 Å². The Kier molecular flexibility index (Phi) is 5.20. The Labute approximate surface area is 156 Å². The normalized spacial score (nSPS) is 17.0. The lowest BCUT2D eigenvalue weighted by Crippen LogP contribution is -2.32. The zero-order valence-corrected chi connectivity index (χ0v) is 15.6. The Morgan fingerprint density at radius 1 is 1.16 bits per heavy atom. The maximum Gasteiger partial charge on any atom is 0.246 e. The maximum absolute atomic E-state index is 12.7. The molecule has 1 atom stereocenters. The lowest BCUT2D eigenvalue weighted by atomic mass is 10.2. The molecule has 1 N–H and O–H groups in total. The number of hydrogen-bond donors (Lipinski definition) is 1. The SMILES string of the molecule is Cc1ccc(N2C(=O)C(CC(=O)Nc3cccc(C)c3)SC2=S)cc1. The van der Waals surface area contributed by atoms with Crippen molar-refractivity contribution in [1.82, 2.24) is 0 Å². The Morgan fingerprint density at radius 2 is 1.88 bits per heavy atom. The fraction of sp³-hybridized carbons (Fsp3) is 0.211. The highest BCUT2D eigenvalue weighted by Crippen LogP contribution is 2.34. The van der Waals surface area contributed by atoms with Crippen LogP contribution < -0.4 is 10.2 Å². The van der Waals surface area contributed by atoms with Gasteiger partial charge in [0.25, 0.3) is 0 Å². The van der Waals surface area contributed by atoms with Gasteiger partial charge in [0, 0.05) is 12.1 Å². The summed E-state index contributed by atoms with van der Waals surface area (Å²) < 4.78 is 0.488. The number of amides is 2. The van der Waals surface area contributed by atoms with Gasteiger partial charge in [-0.1, -0.05) is 53.8 Å². The third kappa shape index (κ3) is 4.08. The Hall–Kier alpha value is -2.18. The molecule has 2 amide bonds. The van der Waals surface area contributed by atoms with E-state index in [9.17, 15) is 9.59 Å². The van der Waals surface area contributed by atoms with Gasteiger partial charge < -0.3 is 5.32 Å². The van der Waals surface area contributed by atoms with E-state index in [0.717, 1.165) is 22.5 Å². The second-order valence-corrected chi connectivity index (χ2v) is 7.84. The van der Waals surface area contributed by atoms with Crippen LogP contribution in [-0.2, 0) is 9.59 Å². The molecule has 6 heteroatoms. The summed E-state index contributed by atoms with van der Waals surface area (Å²) in [6.45, 7) is 3.95. The van der Waals surface area contributed by atoms with Crippen LogP contribution in [0.3, 0.4) is 0 Å². The average Bonchev–Trinajstić information content (AvgIpc) is 2.82. The third-order valence-electron chi connectivity index (χ3n) is 3.89. The molecule has 3 rings (SSSR count). The van der Waals surface area contributed by atoms with Gasteiger partial charge in [-0.2, -0.15) is 0 Å². The fourth-order valence-corrected chi connectivity index (χ4v) is 4.15. The second-order valence-electron chi connectivity index (χ2n) is 6.00. The number of nitrogens with zero attached hydrogens (tertiary/aromatic N) is 1. The van der Waals surface area contributed by atoms with E-state index >= 15 is 0 Å². The first-order valence-electron chi connectivity index (χ1n) is 7.92. The highest BCUT2D eigenvalue weighted by molar-refractivity contribution is 8.25. The van der Waals surface area contributed by atoms with Crippen LogP contribution in [0.2, 0.25) is 0 Å². The predicted molar refractivity (Wildman–Crippen MR) is 107 cm³/mol. The number of benzene rings is 2. The first-order valence-corrected chi connectivity index (χ1v) is 9.20. The smallest absolute Gasteiger partial charge is 0.246 e. The van der Waals surface area contributed by atoms with Crippen LogP contribution in [-0.4, -0.2) is 21.4 Å². The molecule has 0 aromatic heterocycles. The summed E-state index contributed by atoms with van der Waals surface area (Å²) in [7, 11) is 0. The molecule has 0 aliphatic carbocycles. The molecule has 2 aromatic carbocycles. The van der Waals surface area contributed by atoms with Crippen molar-refractivity contribution in [2.75, 3.05) is 10.2 Å². The second kappa shape index (κ2) is 7.37. The summed E-state index contributed by atoms with van der Waals surface area (Å²) >= 11 is 6.62. The van der Waals surface area contributed by atoms with Gasteiger partial charge in [0.2, 0.25) is 11.8 Å². The summed E-state index contributed by atoms with van der Waals surface area (Å²) in [6, 6.07) is 15.2. The summed E-state index contributed by atoms with van der Waals surface area (Å²) in [6.07, 6.45) is 0.0972. The van der Waals surface area contributed by atoms with Crippen molar-refractivity contribution in [2.45, 2.75) is 25.5 Å². The van der Waals surface area contributed by atoms with Crippen LogP contribution in [0.15, 0.2) is 48.5 Å². The molecular weight excluding hydrogens is 352 g/mol. The summed E-state index contributed by atoms with van der Waals surface area (Å²) in [5.74, 6) is -0.330. The van der Waals surface area contributed by atoms with Crippen molar-refractivity contribution >= 4 is 51.5 Å². The molecule has 25 heavy (non-hydrogen) atoms. The van der Waals surface area contributed by atoms with Gasteiger partial charge in [0.05, 0.1) is 5.69 Å². The molecule has 2 aromatic rings. The highest BCUT2D eigenvalue weighted by atomic mass is 32.2. The van der Waals surface area contributed by atoms with E-state index in [0.29, 0.717) is 4.32 Å². The van der Waals surface area contributed by atoms with Crippen molar-refractivity contribution in [3.63, 3.8) is 0 Å². The number of carbonyl (C=O) groups is 2. The largest absolute Gasteiger partial charge is 0.326 e. The molecule has 4 nitrogen and oxygen atoms in total. The minimum atomic E-state index is -0.487. The van der Waals surface area contributed by atoms with Gasteiger partial charge >= 0.3 is 0 Å². The zero-order chi connectivity index (χ0) is 18.0. The molecule has 1 aliphatic heterocycles. The van der Waals surface area contributed by atoms with Gasteiger partial charge in [-0.05, 0) is 43.7 Å². The molecule has 0 saturated carbocycles. The molecule has 0 spiro atoms. The van der Waals surface area contributed by atoms with Gasteiger partial charge in [-0.3, -0.25) is 14.5 Å². The summed E-state index contributed by atoms with van der Waals surface area (Å²) in [5, 5.41) is 2.35. The maximum atomic E-state index is 12.7. The topological polar surface area (TPSA) is 49.4 Å². The fourth-order valence-electron chi connectivity index (χ4n) is 2.62. The van der Waals surface area contributed by atoms with Crippen LogP contribution >= 0.6 is 24.0 Å². The molecular formula is C19H18N2O2S2. The number of hydrogen-bond acceptors (Lipinski definition) is 4. The minimum Gasteiger partial charge on any atom is -0.326 e. The molecule has 1 aliphatic rings. The number of nitrogens with one attached hydrogen (secondary N) is 1. The molecule has 0 bridgehead atoms. The van der Waals surface area contributed by atoms with Gasteiger partial charge in [-0.25, -0.2) is 0 Å². The summed E-state index contributed by atoms with van der Waals surface area (Å²) in [5.41, 5.74) is 3.66. The van der Waals surface area contributed by atoms with Gasteiger partial charge in [-0.15, -0.1) is 0 Å². The lowest BCUT2D eigenvalue weighted by Gasteiger charge is -2.15. The third-order valence-corrected chi connectivity index (χ3v) is 5.39. The monoisotopic (exact) mass is 370 g/mol. The number of thioether (sulfide) groups is 1. The van der Waals surface area contributed by atoms with E-state index in [1.165, 1.54) is 16.7 Å². The Balaban J connectivity index is 1.67. The minimum absolute atomic E-state index is 0.0972. The van der Waals surface area contributed by atoms with Crippen LogP contribution in [0.25, 0.3) is 0 Å². The number of aryl methyl sites for hydroxylation is 2. The number of thiocarbonyl (C=S) groups is 1. The first-order chi connectivity index (χ1) is 11.9. The average molecular weight is 370 g/mol. The van der Waals surface area contributed by atoms with Crippen molar-refractivity contribution < 1.29 is 9.59 Å². The molecule has 1 saturated heterocycles. The van der Waals surface area contributed by atoms with E-state index in [1.807, 2.05) is 62.4 Å². The van der Waals surface area contributed by atoms with Crippen LogP contribution in [0.5, 0.6) is 0 Å². The number of anilines is 2. The van der Waals surface area contributed by atoms with E-state index in [1.54, 1.807) is 0 Å². The zero-order valence-electron chi connectivity index (χ0n) is 14.0. The van der Waals surface area contributed by atoms with E-state index in [4.69, 9.17) is 12.2 Å². The Morgan fingerprint density at radius 3 is 2.56 bits per heavy atom. The summed E-state index contributed by atoms with van der Waals surface area (Å²) in [4.78, 5) is 26.5. The van der Waals surface area contributed by atoms with Crippen molar-refractivity contribution in [3.8, 4) is 0 Å². The van der Waals surface area contributed by atoms with Gasteiger partial charge in [0.15, 0.2) is 0 Å². The van der Waals surface area contributed by atoms with Crippen LogP contribution in [0.1, 0.15) is 17.5 Å².